The van der Waals surface area contributed by atoms with Gasteiger partial charge >= 0.3 is 0 Å². The fourth-order valence-electron chi connectivity index (χ4n) is 1.43. The maximum absolute atomic E-state index is 11.1. The molecule has 0 bridgehead atoms. The number of carbonyl (C=O) groups excluding carboxylic acids is 1. The lowest BCUT2D eigenvalue weighted by atomic mass is 10.1. The number of benzene rings is 1. The molecule has 2 rings (SSSR count). The van der Waals surface area contributed by atoms with Crippen LogP contribution < -0.4 is 0 Å². The van der Waals surface area contributed by atoms with Gasteiger partial charge in [-0.1, -0.05) is 24.8 Å². The number of rotatable bonds is 2. The molecular formula is C11H9NO. The molecule has 0 unspecified atom stereocenters. The summed E-state index contributed by atoms with van der Waals surface area (Å²) in [6.07, 6.45) is 0.874. The Morgan fingerprint density at radius 1 is 1.46 bits per heavy atom. The highest BCUT2D eigenvalue weighted by Gasteiger charge is 2.06. The van der Waals surface area contributed by atoms with E-state index in [4.69, 9.17) is 1.37 Å². The van der Waals surface area contributed by atoms with Gasteiger partial charge in [-0.25, -0.2) is 0 Å². The molecule has 0 aliphatic heterocycles. The molecule has 2 aromatic rings. The van der Waals surface area contributed by atoms with Crippen LogP contribution in [0.5, 0.6) is 0 Å². The Labute approximate surface area is 77.3 Å². The van der Waals surface area contributed by atoms with E-state index in [2.05, 4.69) is 11.6 Å². The molecule has 0 saturated heterocycles. The van der Waals surface area contributed by atoms with Gasteiger partial charge in [-0.3, -0.25) is 4.79 Å². The van der Waals surface area contributed by atoms with Gasteiger partial charge in [0, 0.05) is 22.2 Å². The molecule has 1 heterocycles. The highest BCUT2D eigenvalue weighted by molar-refractivity contribution is 6.00. The molecule has 13 heavy (non-hydrogen) atoms. The van der Waals surface area contributed by atoms with Crippen LogP contribution >= 0.6 is 0 Å². The highest BCUT2D eigenvalue weighted by Crippen LogP contribution is 2.20. The number of fused-ring (bicyclic) bond motifs is 1. The van der Waals surface area contributed by atoms with Gasteiger partial charge in [0.25, 0.3) is 0 Å². The van der Waals surface area contributed by atoms with Crippen molar-refractivity contribution in [2.45, 2.75) is 0 Å². The second-order valence-corrected chi connectivity index (χ2v) is 2.77. The maximum atomic E-state index is 11.1. The number of aldehydes is 1. The lowest BCUT2D eigenvalue weighted by Crippen LogP contribution is -1.79. The Kier molecular flexibility index (Phi) is 1.49. The summed E-state index contributed by atoms with van der Waals surface area (Å²) in [7, 11) is 0. The Morgan fingerprint density at radius 3 is 2.92 bits per heavy atom. The Hall–Kier alpha value is -1.83. The second-order valence-electron chi connectivity index (χ2n) is 2.77. The number of aromatic nitrogens is 1. The van der Waals surface area contributed by atoms with Crippen molar-refractivity contribution in [3.8, 4) is 0 Å². The molecule has 0 aliphatic rings. The first kappa shape index (κ1) is 6.66. The van der Waals surface area contributed by atoms with Gasteiger partial charge in [0.2, 0.25) is 0 Å². The van der Waals surface area contributed by atoms with Gasteiger partial charge < -0.3 is 4.98 Å². The molecule has 0 fully saturated rings. The second kappa shape index (κ2) is 2.90. The van der Waals surface area contributed by atoms with E-state index >= 15 is 0 Å². The third kappa shape index (κ3) is 1.07. The molecule has 0 atom stereocenters. The zero-order valence-corrected chi connectivity index (χ0v) is 7.00. The number of para-hydroxylation sites is 1. The lowest BCUT2D eigenvalue weighted by Gasteiger charge is -1.87. The van der Waals surface area contributed by atoms with Gasteiger partial charge in [-0.2, -0.15) is 0 Å². The molecule has 0 saturated carbocycles. The van der Waals surface area contributed by atoms with Crippen LogP contribution in [0.3, 0.4) is 0 Å². The summed E-state index contributed by atoms with van der Waals surface area (Å²) < 4.78 is 7.15. The molecular weight excluding hydrogens is 162 g/mol. The summed E-state index contributed by atoms with van der Waals surface area (Å²) in [6, 6.07) is 7.41. The van der Waals surface area contributed by atoms with Crippen LogP contribution in [0.15, 0.2) is 30.8 Å². The summed E-state index contributed by atoms with van der Waals surface area (Å²) in [5, 5.41) is 0.780. The smallest absolute Gasteiger partial charge is 0.152 e. The molecule has 0 amide bonds. The number of hydrogen-bond acceptors (Lipinski definition) is 1. The minimum absolute atomic E-state index is 0.399. The summed E-state index contributed by atoms with van der Waals surface area (Å²) in [4.78, 5) is 14.1. The van der Waals surface area contributed by atoms with Crippen LogP contribution in [-0.2, 0) is 0 Å². The minimum Gasteiger partial charge on any atom is -0.354 e. The summed E-state index contributed by atoms with van der Waals surface area (Å²) >= 11 is 0. The van der Waals surface area contributed by atoms with Gasteiger partial charge in [-0.15, -0.1) is 0 Å². The number of H-pyrrole nitrogens is 1. The summed E-state index contributed by atoms with van der Waals surface area (Å²) in [5.41, 5.74) is 1.87. The topological polar surface area (TPSA) is 32.9 Å². The third-order valence-electron chi connectivity index (χ3n) is 2.04. The van der Waals surface area contributed by atoms with Gasteiger partial charge in [0.15, 0.2) is 6.26 Å². The van der Waals surface area contributed by atoms with E-state index in [9.17, 15) is 4.79 Å². The van der Waals surface area contributed by atoms with E-state index in [0.717, 1.165) is 10.9 Å². The van der Waals surface area contributed by atoms with Crippen molar-refractivity contribution in [3.63, 3.8) is 0 Å². The molecule has 64 valence electrons. The molecule has 1 aromatic carbocycles. The average Bonchev–Trinajstić information content (AvgIpc) is 2.55. The van der Waals surface area contributed by atoms with Crippen LogP contribution in [-0.4, -0.2) is 11.2 Å². The van der Waals surface area contributed by atoms with Crippen LogP contribution in [0.25, 0.3) is 17.0 Å². The normalized spacial score (nSPS) is 11.2. The van der Waals surface area contributed by atoms with Crippen molar-refractivity contribution in [1.29, 1.82) is 0 Å². The average molecular weight is 172 g/mol. The van der Waals surface area contributed by atoms with E-state index < -0.39 is 6.26 Å². The van der Waals surface area contributed by atoms with Gasteiger partial charge in [0.1, 0.15) is 1.37 Å². The fraction of sp³-hybridized carbons (Fsp3) is 0. The monoisotopic (exact) mass is 172 g/mol. The number of carbonyl (C=O) groups is 1. The number of hydrogen-bond donors (Lipinski definition) is 1. The first-order chi connectivity index (χ1) is 6.74. The number of nitrogens with one attached hydrogen (secondary N) is 1. The SMILES string of the molecule is [2H]C(=O)c1c(C=C)[nH]c2ccccc12. The van der Waals surface area contributed by atoms with E-state index in [0.29, 0.717) is 11.3 Å². The van der Waals surface area contributed by atoms with E-state index in [-0.39, 0.29) is 0 Å². The Balaban J connectivity index is 2.87. The standard InChI is InChI=1S/C11H9NO/c1-2-10-9(7-13)8-5-3-4-6-11(8)12-10/h2-7,12H,1H2/i7D. The van der Waals surface area contributed by atoms with Crippen molar-refractivity contribution < 1.29 is 6.17 Å². The van der Waals surface area contributed by atoms with Gasteiger partial charge in [0.05, 0.1) is 0 Å². The molecule has 0 aliphatic carbocycles. The molecule has 1 aromatic heterocycles. The van der Waals surface area contributed by atoms with Crippen LogP contribution in [0.2, 0.25) is 0 Å². The van der Waals surface area contributed by atoms with E-state index in [1.807, 2.05) is 24.3 Å². The zero-order valence-electron chi connectivity index (χ0n) is 8.00. The minimum atomic E-state index is -0.683. The van der Waals surface area contributed by atoms with Gasteiger partial charge in [-0.05, 0) is 12.1 Å². The molecule has 2 heteroatoms. The predicted octanol–water partition coefficient (Wildman–Crippen LogP) is 2.62. The quantitative estimate of drug-likeness (QED) is 0.694. The first-order valence-electron chi connectivity index (χ1n) is 4.48. The summed E-state index contributed by atoms with van der Waals surface area (Å²) in [5.74, 6) is 0. The van der Waals surface area contributed by atoms with Crippen molar-refractivity contribution in [2.75, 3.05) is 0 Å². The van der Waals surface area contributed by atoms with Crippen LogP contribution in [0.1, 0.15) is 17.4 Å². The molecule has 0 radical (unpaired) electrons. The largest absolute Gasteiger partial charge is 0.354 e. The predicted molar refractivity (Wildman–Crippen MR) is 53.8 cm³/mol. The molecule has 0 spiro atoms. The van der Waals surface area contributed by atoms with E-state index in [1.54, 1.807) is 6.08 Å². The van der Waals surface area contributed by atoms with Crippen molar-refractivity contribution in [1.82, 2.24) is 4.98 Å². The third-order valence-corrected chi connectivity index (χ3v) is 2.04. The molecule has 2 nitrogen and oxygen atoms in total. The number of aromatic amines is 1. The Bertz CT molecular complexity index is 513. The van der Waals surface area contributed by atoms with Crippen LogP contribution in [0.4, 0.5) is 0 Å². The molecule has 1 N–H and O–H groups in total. The Morgan fingerprint density at radius 2 is 2.23 bits per heavy atom. The highest BCUT2D eigenvalue weighted by atomic mass is 16.1. The fourth-order valence-corrected chi connectivity index (χ4v) is 1.43. The van der Waals surface area contributed by atoms with Crippen molar-refractivity contribution in [3.05, 3.63) is 42.1 Å². The zero-order chi connectivity index (χ0) is 10.1. The van der Waals surface area contributed by atoms with Crippen molar-refractivity contribution in [2.24, 2.45) is 0 Å². The summed E-state index contributed by atoms with van der Waals surface area (Å²) in [6.45, 7) is 3.60. The maximum Gasteiger partial charge on any atom is 0.152 e. The lowest BCUT2D eigenvalue weighted by molar-refractivity contribution is 0.112. The van der Waals surface area contributed by atoms with Crippen molar-refractivity contribution >= 4 is 23.2 Å². The first-order valence-corrected chi connectivity index (χ1v) is 3.98. The van der Waals surface area contributed by atoms with E-state index in [1.165, 1.54) is 0 Å². The van der Waals surface area contributed by atoms with Crippen LogP contribution in [0, 0.1) is 0 Å².